The van der Waals surface area contributed by atoms with Gasteiger partial charge < -0.3 is 4.90 Å². The predicted octanol–water partition coefficient (Wildman–Crippen LogP) is 1.28. The molecule has 1 aliphatic rings. The van der Waals surface area contributed by atoms with Crippen LogP contribution in [0, 0.1) is 0 Å². The summed E-state index contributed by atoms with van der Waals surface area (Å²) in [5.74, 6) is 0.926. The van der Waals surface area contributed by atoms with E-state index in [4.69, 9.17) is 0 Å². The topological polar surface area (TPSA) is 59.7 Å². The van der Waals surface area contributed by atoms with Gasteiger partial charge in [0, 0.05) is 19.3 Å². The van der Waals surface area contributed by atoms with E-state index in [9.17, 15) is 0 Å². The number of benzene rings is 1. The molecule has 94 valence electrons. The van der Waals surface area contributed by atoms with Crippen molar-refractivity contribution in [1.29, 1.82) is 0 Å². The maximum absolute atomic E-state index is 4.63. The molecule has 19 heavy (non-hydrogen) atoms. The molecule has 0 atom stereocenters. The zero-order valence-electron chi connectivity index (χ0n) is 10.2. The van der Waals surface area contributed by atoms with Gasteiger partial charge in [-0.2, -0.15) is 0 Å². The average Bonchev–Trinajstić information content (AvgIpc) is 2.91. The molecule has 0 radical (unpaired) electrons. The summed E-state index contributed by atoms with van der Waals surface area (Å²) in [5.41, 5.74) is 1.86. The second-order valence-corrected chi connectivity index (χ2v) is 4.66. The summed E-state index contributed by atoms with van der Waals surface area (Å²) < 4.78 is 1.89. The number of hydrogen-bond donors (Lipinski definition) is 0. The first-order valence-electron chi connectivity index (χ1n) is 6.23. The van der Waals surface area contributed by atoms with Gasteiger partial charge in [-0.05, 0) is 12.1 Å². The van der Waals surface area contributed by atoms with Gasteiger partial charge in [-0.25, -0.2) is 9.67 Å². The minimum absolute atomic E-state index is 0.385. The standard InChI is InChI=1S/C13H12N6/c1-2-4-12-11(3-1)14-7-13(16-12)18-8-10(9-18)19-6-5-15-17-19/h1-7,10H,8-9H2. The van der Waals surface area contributed by atoms with Crippen LogP contribution >= 0.6 is 0 Å². The summed E-state index contributed by atoms with van der Waals surface area (Å²) in [7, 11) is 0. The van der Waals surface area contributed by atoms with Crippen molar-refractivity contribution in [2.45, 2.75) is 6.04 Å². The molecule has 0 unspecified atom stereocenters. The van der Waals surface area contributed by atoms with Crippen LogP contribution in [0.1, 0.15) is 6.04 Å². The quantitative estimate of drug-likeness (QED) is 0.687. The van der Waals surface area contributed by atoms with Crippen LogP contribution in [0.15, 0.2) is 42.9 Å². The fourth-order valence-corrected chi connectivity index (χ4v) is 2.32. The monoisotopic (exact) mass is 252 g/mol. The highest BCUT2D eigenvalue weighted by Crippen LogP contribution is 2.26. The van der Waals surface area contributed by atoms with Gasteiger partial charge in [-0.3, -0.25) is 4.98 Å². The Bertz CT molecular complexity index is 702. The van der Waals surface area contributed by atoms with Gasteiger partial charge in [-0.1, -0.05) is 17.3 Å². The van der Waals surface area contributed by atoms with Crippen LogP contribution in [-0.4, -0.2) is 38.1 Å². The lowest BCUT2D eigenvalue weighted by Gasteiger charge is -2.39. The van der Waals surface area contributed by atoms with E-state index >= 15 is 0 Å². The van der Waals surface area contributed by atoms with Crippen LogP contribution < -0.4 is 4.90 Å². The second kappa shape index (κ2) is 4.01. The Balaban J connectivity index is 1.56. The first kappa shape index (κ1) is 10.4. The summed E-state index contributed by atoms with van der Waals surface area (Å²) in [4.78, 5) is 11.3. The maximum atomic E-state index is 4.63. The second-order valence-electron chi connectivity index (χ2n) is 4.66. The van der Waals surface area contributed by atoms with Crippen LogP contribution in [0.5, 0.6) is 0 Å². The number of aromatic nitrogens is 5. The molecule has 3 aromatic rings. The normalized spacial score (nSPS) is 15.7. The van der Waals surface area contributed by atoms with Crippen molar-refractivity contribution in [3.05, 3.63) is 42.9 Å². The molecule has 0 aliphatic carbocycles. The molecule has 3 heterocycles. The van der Waals surface area contributed by atoms with E-state index in [1.54, 1.807) is 6.20 Å². The zero-order chi connectivity index (χ0) is 12.7. The first-order chi connectivity index (χ1) is 9.40. The fourth-order valence-electron chi connectivity index (χ4n) is 2.32. The van der Waals surface area contributed by atoms with Crippen LogP contribution in [0.2, 0.25) is 0 Å². The molecule has 0 saturated carbocycles. The Morgan fingerprint density at radius 1 is 1.11 bits per heavy atom. The van der Waals surface area contributed by atoms with E-state index in [2.05, 4.69) is 25.2 Å². The number of nitrogens with zero attached hydrogens (tertiary/aromatic N) is 6. The number of fused-ring (bicyclic) bond motifs is 1. The van der Waals surface area contributed by atoms with Crippen molar-refractivity contribution in [1.82, 2.24) is 25.0 Å². The van der Waals surface area contributed by atoms with Gasteiger partial charge in [0.15, 0.2) is 0 Å². The van der Waals surface area contributed by atoms with Gasteiger partial charge in [0.1, 0.15) is 5.82 Å². The van der Waals surface area contributed by atoms with Crippen molar-refractivity contribution in [3.63, 3.8) is 0 Å². The van der Waals surface area contributed by atoms with E-state index in [0.717, 1.165) is 29.9 Å². The molecule has 2 aromatic heterocycles. The number of anilines is 1. The minimum Gasteiger partial charge on any atom is -0.351 e. The van der Waals surface area contributed by atoms with Crippen molar-refractivity contribution < 1.29 is 0 Å². The fraction of sp³-hybridized carbons (Fsp3) is 0.231. The Labute approximate surface area is 109 Å². The highest BCUT2D eigenvalue weighted by Gasteiger charge is 2.29. The van der Waals surface area contributed by atoms with E-state index in [-0.39, 0.29) is 0 Å². The molecule has 1 aliphatic heterocycles. The Morgan fingerprint density at radius 2 is 1.95 bits per heavy atom. The van der Waals surface area contributed by atoms with Crippen LogP contribution in [-0.2, 0) is 0 Å². The molecule has 1 fully saturated rings. The third-order valence-corrected chi connectivity index (χ3v) is 3.44. The lowest BCUT2D eigenvalue weighted by Crippen LogP contribution is -2.48. The third-order valence-electron chi connectivity index (χ3n) is 3.44. The van der Waals surface area contributed by atoms with E-state index < -0.39 is 0 Å². The largest absolute Gasteiger partial charge is 0.351 e. The van der Waals surface area contributed by atoms with Gasteiger partial charge in [0.05, 0.1) is 29.5 Å². The molecule has 6 nitrogen and oxygen atoms in total. The lowest BCUT2D eigenvalue weighted by molar-refractivity contribution is 0.359. The van der Waals surface area contributed by atoms with Crippen molar-refractivity contribution >= 4 is 16.9 Å². The van der Waals surface area contributed by atoms with Crippen molar-refractivity contribution in [2.75, 3.05) is 18.0 Å². The molecule has 0 spiro atoms. The highest BCUT2D eigenvalue weighted by atomic mass is 15.5. The van der Waals surface area contributed by atoms with E-state index in [1.165, 1.54) is 0 Å². The molecule has 1 saturated heterocycles. The summed E-state index contributed by atoms with van der Waals surface area (Å²) in [6, 6.07) is 8.30. The van der Waals surface area contributed by atoms with Crippen LogP contribution in [0.25, 0.3) is 11.0 Å². The number of para-hydroxylation sites is 2. The highest BCUT2D eigenvalue weighted by molar-refractivity contribution is 5.75. The predicted molar refractivity (Wildman–Crippen MR) is 70.8 cm³/mol. The average molecular weight is 252 g/mol. The number of rotatable bonds is 2. The molecular formula is C13H12N6. The molecule has 4 rings (SSSR count). The zero-order valence-corrected chi connectivity index (χ0v) is 10.2. The molecule has 0 N–H and O–H groups in total. The molecule has 6 heteroatoms. The van der Waals surface area contributed by atoms with E-state index in [1.807, 2.05) is 41.3 Å². The Kier molecular flexibility index (Phi) is 2.20. The van der Waals surface area contributed by atoms with Gasteiger partial charge in [0.25, 0.3) is 0 Å². The van der Waals surface area contributed by atoms with Crippen LogP contribution in [0.3, 0.4) is 0 Å². The summed E-state index contributed by atoms with van der Waals surface area (Å²) in [6.45, 7) is 1.80. The summed E-state index contributed by atoms with van der Waals surface area (Å²) in [5, 5.41) is 7.85. The molecule has 0 bridgehead atoms. The summed E-state index contributed by atoms with van der Waals surface area (Å²) in [6.07, 6.45) is 5.44. The molecule has 0 amide bonds. The minimum atomic E-state index is 0.385. The van der Waals surface area contributed by atoms with Crippen molar-refractivity contribution in [2.24, 2.45) is 0 Å². The van der Waals surface area contributed by atoms with E-state index in [0.29, 0.717) is 6.04 Å². The van der Waals surface area contributed by atoms with Crippen LogP contribution in [0.4, 0.5) is 5.82 Å². The van der Waals surface area contributed by atoms with Gasteiger partial charge in [0.2, 0.25) is 0 Å². The maximum Gasteiger partial charge on any atom is 0.147 e. The Morgan fingerprint density at radius 3 is 2.74 bits per heavy atom. The van der Waals surface area contributed by atoms with Gasteiger partial charge in [-0.15, -0.1) is 5.10 Å². The summed E-state index contributed by atoms with van der Waals surface area (Å²) >= 11 is 0. The Hall–Kier alpha value is -2.50. The van der Waals surface area contributed by atoms with Crippen molar-refractivity contribution in [3.8, 4) is 0 Å². The van der Waals surface area contributed by atoms with Gasteiger partial charge >= 0.3 is 0 Å². The smallest absolute Gasteiger partial charge is 0.147 e. The molecule has 1 aromatic carbocycles. The SMILES string of the molecule is c1ccc2nc(N3CC(n4ccnn4)C3)cnc2c1. The lowest BCUT2D eigenvalue weighted by atomic mass is 10.1. The molecular weight excluding hydrogens is 240 g/mol. The first-order valence-corrected chi connectivity index (χ1v) is 6.23. The number of hydrogen-bond acceptors (Lipinski definition) is 5. The third kappa shape index (κ3) is 1.72.